The molecule has 1 aromatic rings. The van der Waals surface area contributed by atoms with Crippen LogP contribution in [0.2, 0.25) is 0 Å². The summed E-state index contributed by atoms with van der Waals surface area (Å²) in [6.07, 6.45) is 14.3. The van der Waals surface area contributed by atoms with E-state index < -0.39 is 0 Å². The summed E-state index contributed by atoms with van der Waals surface area (Å²) in [6.45, 7) is 0.687. The van der Waals surface area contributed by atoms with E-state index >= 15 is 0 Å². The average Bonchev–Trinajstić information content (AvgIpc) is 3.07. The molecule has 4 nitrogen and oxygen atoms in total. The van der Waals surface area contributed by atoms with Gasteiger partial charge in [0.2, 0.25) is 0 Å². The van der Waals surface area contributed by atoms with Gasteiger partial charge in [0, 0.05) is 22.4 Å². The van der Waals surface area contributed by atoms with Gasteiger partial charge in [-0.05, 0) is 62.4 Å². The molecule has 1 aliphatic rings. The number of methoxy groups -OCH3 is 1. The normalized spacial score (nSPS) is 17.1. The first kappa shape index (κ1) is 23.4. The number of benzene rings is 1. The van der Waals surface area contributed by atoms with Crippen LogP contribution >= 0.6 is 15.9 Å². The zero-order chi connectivity index (χ0) is 20.9. The number of hydrogen-bond acceptors (Lipinski definition) is 4. The van der Waals surface area contributed by atoms with E-state index in [9.17, 15) is 9.59 Å². The Hall–Kier alpha value is -1.88. The van der Waals surface area contributed by atoms with Crippen LogP contribution in [0.25, 0.3) is 0 Å². The Morgan fingerprint density at radius 3 is 2.59 bits per heavy atom. The smallest absolute Gasteiger partial charge is 0.305 e. The van der Waals surface area contributed by atoms with Crippen LogP contribution in [0.4, 0.5) is 0 Å². The average molecular weight is 463 g/mol. The van der Waals surface area contributed by atoms with E-state index in [4.69, 9.17) is 4.74 Å². The molecule has 0 amide bonds. The lowest BCUT2D eigenvalue weighted by atomic mass is 9.94. The maximum absolute atomic E-state index is 12.1. The fourth-order valence-corrected chi connectivity index (χ4v) is 3.67. The van der Waals surface area contributed by atoms with Gasteiger partial charge in [0.05, 0.1) is 13.7 Å². The molecule has 0 fully saturated rings. The molecule has 5 heteroatoms. The highest BCUT2D eigenvalue weighted by Crippen LogP contribution is 2.28. The van der Waals surface area contributed by atoms with Crippen molar-refractivity contribution in [3.63, 3.8) is 0 Å². The predicted molar refractivity (Wildman–Crippen MR) is 119 cm³/mol. The summed E-state index contributed by atoms with van der Waals surface area (Å²) in [4.78, 5) is 23.2. The molecular weight excluding hydrogens is 432 g/mol. The topological polar surface area (TPSA) is 52.6 Å². The van der Waals surface area contributed by atoms with Crippen molar-refractivity contribution >= 4 is 27.7 Å². The molecule has 0 aliphatic heterocycles. The van der Waals surface area contributed by atoms with Crippen molar-refractivity contribution in [3.05, 3.63) is 52.5 Å². The second-order valence-electron chi connectivity index (χ2n) is 7.32. The molecular formula is C24H31BrO4. The summed E-state index contributed by atoms with van der Waals surface area (Å²) >= 11 is 3.41. The third-order valence-electron chi connectivity index (χ3n) is 5.08. The van der Waals surface area contributed by atoms with Crippen molar-refractivity contribution in [1.29, 1.82) is 0 Å². The zero-order valence-electron chi connectivity index (χ0n) is 17.2. The van der Waals surface area contributed by atoms with E-state index in [1.54, 1.807) is 6.08 Å². The van der Waals surface area contributed by atoms with E-state index in [2.05, 4.69) is 26.7 Å². The number of rotatable bonds is 13. The van der Waals surface area contributed by atoms with E-state index in [0.717, 1.165) is 67.2 Å². The Morgan fingerprint density at radius 1 is 1.07 bits per heavy atom. The molecule has 0 saturated carbocycles. The molecule has 0 aromatic heterocycles. The maximum atomic E-state index is 12.1. The minimum Gasteiger partial charge on any atom is -0.494 e. The summed E-state index contributed by atoms with van der Waals surface area (Å²) in [6, 6.07) is 7.85. The van der Waals surface area contributed by atoms with Gasteiger partial charge in [-0.3, -0.25) is 9.59 Å². The second kappa shape index (κ2) is 13.4. The van der Waals surface area contributed by atoms with Crippen LogP contribution in [-0.4, -0.2) is 25.5 Å². The van der Waals surface area contributed by atoms with Gasteiger partial charge < -0.3 is 9.47 Å². The summed E-state index contributed by atoms with van der Waals surface area (Å²) in [5.41, 5.74) is 0.952. The first-order valence-corrected chi connectivity index (χ1v) is 11.3. The maximum Gasteiger partial charge on any atom is 0.305 e. The van der Waals surface area contributed by atoms with Gasteiger partial charge in [-0.25, -0.2) is 0 Å². The molecule has 0 saturated heterocycles. The minimum atomic E-state index is -0.137. The first-order chi connectivity index (χ1) is 14.1. The highest BCUT2D eigenvalue weighted by Gasteiger charge is 2.21. The van der Waals surface area contributed by atoms with Gasteiger partial charge in [0.1, 0.15) is 5.75 Å². The van der Waals surface area contributed by atoms with Crippen molar-refractivity contribution in [3.8, 4) is 5.75 Å². The van der Waals surface area contributed by atoms with Gasteiger partial charge in [0.15, 0.2) is 5.78 Å². The van der Waals surface area contributed by atoms with E-state index in [1.807, 2.05) is 30.3 Å². The van der Waals surface area contributed by atoms with Crippen LogP contribution in [0.3, 0.4) is 0 Å². The quantitative estimate of drug-likeness (QED) is 0.199. The third kappa shape index (κ3) is 8.99. The van der Waals surface area contributed by atoms with Crippen LogP contribution in [-0.2, 0) is 14.3 Å². The standard InChI is InChI=1S/C24H31BrO4/c1-28-24(27)11-7-3-2-5-9-19-12-17-23(26)22(19)10-6-4-8-18-29-21-15-13-20(25)14-16-21/h10,12-17,19H,2-9,11,18H2,1H3/b22-10+/t19-/m0/s1. The number of allylic oxidation sites excluding steroid dienone is 4. The summed E-state index contributed by atoms with van der Waals surface area (Å²) in [5.74, 6) is 1.16. The number of halogens is 1. The zero-order valence-corrected chi connectivity index (χ0v) is 18.8. The van der Waals surface area contributed by atoms with Crippen molar-refractivity contribution in [2.75, 3.05) is 13.7 Å². The lowest BCUT2D eigenvalue weighted by molar-refractivity contribution is -0.140. The Kier molecular flexibility index (Phi) is 10.8. The molecule has 1 atom stereocenters. The number of carbonyl (C=O) groups is 2. The third-order valence-corrected chi connectivity index (χ3v) is 5.61. The Balaban J connectivity index is 1.60. The largest absolute Gasteiger partial charge is 0.494 e. The SMILES string of the molecule is COC(=O)CCCCCC[C@H]1C=CC(=O)/C1=C/CCCCOc1ccc(Br)cc1. The molecule has 29 heavy (non-hydrogen) atoms. The van der Waals surface area contributed by atoms with Crippen LogP contribution in [0, 0.1) is 5.92 Å². The molecule has 2 rings (SSSR count). The number of ketones is 1. The Morgan fingerprint density at radius 2 is 1.83 bits per heavy atom. The molecule has 0 heterocycles. The second-order valence-corrected chi connectivity index (χ2v) is 8.23. The number of unbranched alkanes of at least 4 members (excludes halogenated alkanes) is 5. The Bertz CT molecular complexity index is 706. The Labute approximate surface area is 182 Å². The minimum absolute atomic E-state index is 0.137. The summed E-state index contributed by atoms with van der Waals surface area (Å²) < 4.78 is 11.4. The van der Waals surface area contributed by atoms with Gasteiger partial charge >= 0.3 is 5.97 Å². The van der Waals surface area contributed by atoms with Crippen LogP contribution in [0.5, 0.6) is 5.75 Å². The number of ether oxygens (including phenoxy) is 2. The van der Waals surface area contributed by atoms with Crippen molar-refractivity contribution < 1.29 is 19.1 Å². The van der Waals surface area contributed by atoms with Crippen molar-refractivity contribution in [2.24, 2.45) is 5.92 Å². The molecule has 0 bridgehead atoms. The highest BCUT2D eigenvalue weighted by molar-refractivity contribution is 9.10. The summed E-state index contributed by atoms with van der Waals surface area (Å²) in [5, 5.41) is 0. The van der Waals surface area contributed by atoms with Crippen LogP contribution in [0.15, 0.2) is 52.5 Å². The fraction of sp³-hybridized carbons (Fsp3) is 0.500. The van der Waals surface area contributed by atoms with Gasteiger partial charge in [-0.2, -0.15) is 0 Å². The van der Waals surface area contributed by atoms with Crippen LogP contribution in [0.1, 0.15) is 57.8 Å². The van der Waals surface area contributed by atoms with Gasteiger partial charge in [-0.1, -0.05) is 47.3 Å². The van der Waals surface area contributed by atoms with Gasteiger partial charge in [0.25, 0.3) is 0 Å². The summed E-state index contributed by atoms with van der Waals surface area (Å²) in [7, 11) is 1.43. The van der Waals surface area contributed by atoms with E-state index in [1.165, 1.54) is 7.11 Å². The van der Waals surface area contributed by atoms with Crippen LogP contribution < -0.4 is 4.74 Å². The fourth-order valence-electron chi connectivity index (χ4n) is 3.40. The van der Waals surface area contributed by atoms with Crippen molar-refractivity contribution in [1.82, 2.24) is 0 Å². The predicted octanol–water partition coefficient (Wildman–Crippen LogP) is 6.19. The number of esters is 1. The molecule has 0 N–H and O–H groups in total. The lowest BCUT2D eigenvalue weighted by Crippen LogP contribution is -2.04. The van der Waals surface area contributed by atoms with Crippen molar-refractivity contribution in [2.45, 2.75) is 57.8 Å². The molecule has 0 spiro atoms. The highest BCUT2D eigenvalue weighted by atomic mass is 79.9. The molecule has 1 aromatic carbocycles. The molecule has 158 valence electrons. The lowest BCUT2D eigenvalue weighted by Gasteiger charge is -2.10. The monoisotopic (exact) mass is 462 g/mol. The first-order valence-electron chi connectivity index (χ1n) is 10.5. The van der Waals surface area contributed by atoms with Gasteiger partial charge in [-0.15, -0.1) is 0 Å². The van der Waals surface area contributed by atoms with E-state index in [0.29, 0.717) is 13.0 Å². The van der Waals surface area contributed by atoms with E-state index in [-0.39, 0.29) is 17.7 Å². The molecule has 0 unspecified atom stereocenters. The number of carbonyl (C=O) groups excluding carboxylic acids is 2. The number of hydrogen-bond donors (Lipinski definition) is 0. The molecule has 1 aliphatic carbocycles. The molecule has 0 radical (unpaired) electrons.